The molecule has 0 saturated carbocycles. The van der Waals surface area contributed by atoms with E-state index in [1.54, 1.807) is 62.0 Å². The fourth-order valence-electron chi connectivity index (χ4n) is 5.02. The van der Waals surface area contributed by atoms with Gasteiger partial charge in [-0.05, 0) is 47.5 Å². The highest BCUT2D eigenvalue weighted by molar-refractivity contribution is 6.34. The lowest BCUT2D eigenvalue weighted by molar-refractivity contribution is -0.106. The Morgan fingerprint density at radius 1 is 1.00 bits per heavy atom. The molecule has 0 radical (unpaired) electrons. The highest BCUT2D eigenvalue weighted by Gasteiger charge is 2.25. The Bertz CT molecular complexity index is 1390. The summed E-state index contributed by atoms with van der Waals surface area (Å²) in [5.41, 5.74) is 2.24. The van der Waals surface area contributed by atoms with Gasteiger partial charge in [0.05, 0.1) is 30.0 Å². The summed E-state index contributed by atoms with van der Waals surface area (Å²) >= 11 is 6.53. The van der Waals surface area contributed by atoms with Crippen molar-refractivity contribution in [3.05, 3.63) is 71.9 Å². The Hall–Kier alpha value is -3.70. The van der Waals surface area contributed by atoms with Crippen molar-refractivity contribution < 1.29 is 23.8 Å². The van der Waals surface area contributed by atoms with Crippen LogP contribution in [0.15, 0.2) is 61.1 Å². The number of amides is 1. The van der Waals surface area contributed by atoms with E-state index >= 15 is 0 Å². The van der Waals surface area contributed by atoms with Gasteiger partial charge in [-0.15, -0.1) is 0 Å². The van der Waals surface area contributed by atoms with Gasteiger partial charge in [0, 0.05) is 84.2 Å². The number of phenols is 1. The molecule has 1 aliphatic heterocycles. The third-order valence-electron chi connectivity index (χ3n) is 7.18. The minimum atomic E-state index is -0.504. The molecule has 1 saturated heterocycles. The number of hydrogen-bond donors (Lipinski definition) is 1. The van der Waals surface area contributed by atoms with Crippen LogP contribution >= 0.6 is 11.6 Å². The molecule has 0 spiro atoms. The molecule has 1 amide bonds. The van der Waals surface area contributed by atoms with Crippen LogP contribution in [-0.4, -0.2) is 100 Å². The number of methoxy groups -OCH3 is 2. The van der Waals surface area contributed by atoms with E-state index in [1.807, 2.05) is 20.2 Å². The summed E-state index contributed by atoms with van der Waals surface area (Å²) in [6, 6.07) is 11.3. The second-order valence-electron chi connectivity index (χ2n) is 10.3. The van der Waals surface area contributed by atoms with Crippen molar-refractivity contribution in [2.45, 2.75) is 6.04 Å². The Kier molecular flexibility index (Phi) is 10.8. The maximum absolute atomic E-state index is 15.0. The lowest BCUT2D eigenvalue weighted by atomic mass is 9.97. The molecule has 1 fully saturated rings. The molecule has 0 unspecified atom stereocenters. The lowest BCUT2D eigenvalue weighted by Crippen LogP contribution is -2.53. The summed E-state index contributed by atoms with van der Waals surface area (Å²) in [5.74, 6) is 0.166. The first kappa shape index (κ1) is 31.2. The van der Waals surface area contributed by atoms with Crippen molar-refractivity contribution in [3.8, 4) is 28.0 Å². The molecule has 2 heterocycles. The first-order valence-electron chi connectivity index (χ1n) is 13.6. The predicted molar refractivity (Wildman–Crippen MR) is 164 cm³/mol. The fraction of sp³-hybridized carbons (Fsp3) is 0.355. The third kappa shape index (κ3) is 7.38. The molecule has 1 N–H and O–H groups in total. The molecule has 0 bridgehead atoms. The van der Waals surface area contributed by atoms with E-state index in [9.17, 15) is 14.3 Å². The second kappa shape index (κ2) is 14.5. The summed E-state index contributed by atoms with van der Waals surface area (Å²) in [6.45, 7) is 4.35. The monoisotopic (exact) mass is 597 g/mol. The van der Waals surface area contributed by atoms with Gasteiger partial charge < -0.3 is 24.4 Å². The highest BCUT2D eigenvalue weighted by Crippen LogP contribution is 2.41. The number of aromatic hydroxyl groups is 1. The molecule has 0 aliphatic carbocycles. The molecular weight excluding hydrogens is 561 g/mol. The fourth-order valence-corrected chi connectivity index (χ4v) is 5.30. The number of halogens is 2. The summed E-state index contributed by atoms with van der Waals surface area (Å²) in [5, 5.41) is 11.6. The number of anilines is 2. The van der Waals surface area contributed by atoms with Gasteiger partial charge in [0.15, 0.2) is 0 Å². The molecule has 42 heavy (non-hydrogen) atoms. The Morgan fingerprint density at radius 2 is 1.64 bits per heavy atom. The number of piperazine rings is 1. The van der Waals surface area contributed by atoms with E-state index in [0.717, 1.165) is 32.0 Å². The average molecular weight is 598 g/mol. The first-order valence-corrected chi connectivity index (χ1v) is 14.0. The van der Waals surface area contributed by atoms with Crippen LogP contribution in [0.2, 0.25) is 5.02 Å². The normalized spacial score (nSPS) is 14.1. The van der Waals surface area contributed by atoms with Crippen LogP contribution in [0.3, 0.4) is 0 Å². The van der Waals surface area contributed by atoms with Crippen LogP contribution in [0.5, 0.6) is 5.75 Å². The molecule has 4 rings (SSSR count). The minimum absolute atomic E-state index is 0.0797. The maximum atomic E-state index is 15.0. The molecule has 0 atom stereocenters. The number of rotatable bonds is 12. The number of hydrogen-bond acceptors (Lipinski definition) is 8. The van der Waals surface area contributed by atoms with Gasteiger partial charge in [0.1, 0.15) is 17.4 Å². The van der Waals surface area contributed by atoms with E-state index < -0.39 is 5.82 Å². The maximum Gasteiger partial charge on any atom is 0.218 e. The zero-order valence-electron chi connectivity index (χ0n) is 24.3. The van der Waals surface area contributed by atoms with E-state index in [1.165, 1.54) is 17.0 Å². The van der Waals surface area contributed by atoms with Gasteiger partial charge in [-0.1, -0.05) is 17.7 Å². The van der Waals surface area contributed by atoms with Crippen molar-refractivity contribution in [3.63, 3.8) is 0 Å². The summed E-state index contributed by atoms with van der Waals surface area (Å²) in [4.78, 5) is 23.9. The topological polar surface area (TPSA) is 81.6 Å². The number of phenolic OH excluding ortho intramolecular Hbond substituents is 1. The van der Waals surface area contributed by atoms with Gasteiger partial charge in [-0.2, -0.15) is 0 Å². The van der Waals surface area contributed by atoms with Crippen molar-refractivity contribution >= 4 is 29.5 Å². The van der Waals surface area contributed by atoms with Crippen LogP contribution < -0.4 is 9.80 Å². The van der Waals surface area contributed by atoms with Gasteiger partial charge >= 0.3 is 0 Å². The summed E-state index contributed by atoms with van der Waals surface area (Å²) < 4.78 is 25.7. The standard InChI is InChI=1S/C31H37ClFN5O4/c1-35(2)9-10-38(21-39)29-6-5-22(15-28(29)32)26-17-24(33)18-27(31(26)40)23-7-8-34-30(16-23)37-13-11-36(12-14-37)25(19-41-3)20-42-4/h5-10,15-18,21,25,40H,11-14,19-20H2,1-4H3/b10-9-. The van der Waals surface area contributed by atoms with Gasteiger partial charge in [-0.25, -0.2) is 9.37 Å². The van der Waals surface area contributed by atoms with Gasteiger partial charge in [0.2, 0.25) is 6.41 Å². The molecular formula is C31H37ClFN5O4. The molecule has 9 nitrogen and oxygen atoms in total. The molecule has 3 aromatic rings. The van der Waals surface area contributed by atoms with Crippen LogP contribution in [0.25, 0.3) is 22.3 Å². The third-order valence-corrected chi connectivity index (χ3v) is 7.48. The van der Waals surface area contributed by atoms with E-state index in [2.05, 4.69) is 14.8 Å². The molecule has 2 aromatic carbocycles. The van der Waals surface area contributed by atoms with Crippen molar-refractivity contribution in [1.29, 1.82) is 0 Å². The molecule has 1 aliphatic rings. The lowest BCUT2D eigenvalue weighted by Gasteiger charge is -2.39. The summed E-state index contributed by atoms with van der Waals surface area (Å²) in [6.07, 6.45) is 5.62. The van der Waals surface area contributed by atoms with Crippen LogP contribution in [0.4, 0.5) is 15.9 Å². The summed E-state index contributed by atoms with van der Waals surface area (Å²) in [7, 11) is 7.06. The number of benzene rings is 2. The van der Waals surface area contributed by atoms with Crippen molar-refractivity contribution in [2.24, 2.45) is 0 Å². The smallest absolute Gasteiger partial charge is 0.218 e. The Balaban J connectivity index is 1.59. The Labute approximate surface area is 251 Å². The second-order valence-corrected chi connectivity index (χ2v) is 10.7. The van der Waals surface area contributed by atoms with Gasteiger partial charge in [0.25, 0.3) is 0 Å². The van der Waals surface area contributed by atoms with E-state index in [4.69, 9.17) is 21.1 Å². The zero-order valence-corrected chi connectivity index (χ0v) is 25.1. The molecule has 11 heteroatoms. The largest absolute Gasteiger partial charge is 0.507 e. The number of carbonyl (C=O) groups excluding carboxylic acids is 1. The predicted octanol–water partition coefficient (Wildman–Crippen LogP) is 4.69. The number of pyridine rings is 1. The van der Waals surface area contributed by atoms with Crippen molar-refractivity contribution in [2.75, 3.05) is 77.5 Å². The molecule has 1 aromatic heterocycles. The number of nitrogens with zero attached hydrogens (tertiary/aromatic N) is 5. The van der Waals surface area contributed by atoms with Crippen LogP contribution in [-0.2, 0) is 14.3 Å². The SMILES string of the molecule is COCC(COC)N1CCN(c2cc(-c3cc(F)cc(-c4ccc(N(C=O)/C=C\N(C)C)c(Cl)c4)c3O)ccn2)CC1. The zero-order chi connectivity index (χ0) is 30.2. The van der Waals surface area contributed by atoms with E-state index in [-0.39, 0.29) is 22.4 Å². The van der Waals surface area contributed by atoms with Crippen LogP contribution in [0.1, 0.15) is 0 Å². The van der Waals surface area contributed by atoms with Gasteiger partial charge in [-0.3, -0.25) is 14.6 Å². The number of carbonyl (C=O) groups is 1. The van der Waals surface area contributed by atoms with E-state index in [0.29, 0.717) is 42.0 Å². The minimum Gasteiger partial charge on any atom is -0.507 e. The highest BCUT2D eigenvalue weighted by atomic mass is 35.5. The molecule has 224 valence electrons. The van der Waals surface area contributed by atoms with Crippen LogP contribution in [0, 0.1) is 5.82 Å². The first-order chi connectivity index (χ1) is 20.2. The average Bonchev–Trinajstić information content (AvgIpc) is 2.99. The number of ether oxygens (including phenoxy) is 2. The number of aromatic nitrogens is 1. The van der Waals surface area contributed by atoms with Crippen molar-refractivity contribution in [1.82, 2.24) is 14.8 Å². The quantitative estimate of drug-likeness (QED) is 0.301. The Morgan fingerprint density at radius 3 is 2.21 bits per heavy atom.